The molecule has 0 radical (unpaired) electrons. The minimum atomic E-state index is -3.79. The number of fused-ring (bicyclic) bond motifs is 1. The lowest BCUT2D eigenvalue weighted by Gasteiger charge is -2.23. The summed E-state index contributed by atoms with van der Waals surface area (Å²) in [6.45, 7) is 3.06. The van der Waals surface area contributed by atoms with Crippen LogP contribution in [0.4, 0.5) is 17.1 Å². The summed E-state index contributed by atoms with van der Waals surface area (Å²) in [6, 6.07) is 22.9. The van der Waals surface area contributed by atoms with Crippen LogP contribution in [0.2, 0.25) is 0 Å². The number of ether oxygens (including phenoxy) is 1. The van der Waals surface area contributed by atoms with Gasteiger partial charge in [-0.1, -0.05) is 30.3 Å². The normalized spacial score (nSPS) is 21.5. The zero-order chi connectivity index (χ0) is 29.3. The number of anilines is 2. The molecule has 0 aromatic heterocycles. The number of carbonyl (C=O) groups is 1. The molecule has 10 heteroatoms. The van der Waals surface area contributed by atoms with Crippen LogP contribution in [0.3, 0.4) is 0 Å². The lowest BCUT2D eigenvalue weighted by molar-refractivity contribution is -0.115. The summed E-state index contributed by atoms with van der Waals surface area (Å²) < 4.78 is 34.8. The third-order valence-electron chi connectivity index (χ3n) is 8.41. The first-order valence-electron chi connectivity index (χ1n) is 14.5. The van der Waals surface area contributed by atoms with E-state index in [4.69, 9.17) is 9.73 Å². The van der Waals surface area contributed by atoms with Crippen molar-refractivity contribution in [3.8, 4) is 0 Å². The fraction of sp³-hybridized carbons (Fsp3) is 0.375. The summed E-state index contributed by atoms with van der Waals surface area (Å²) in [4.78, 5) is 23.2. The van der Waals surface area contributed by atoms with Crippen LogP contribution in [-0.4, -0.2) is 77.4 Å². The Hall–Kier alpha value is -3.57. The minimum Gasteiger partial charge on any atom is -0.381 e. The lowest BCUT2D eigenvalue weighted by Crippen LogP contribution is -2.38. The van der Waals surface area contributed by atoms with Gasteiger partial charge in [0, 0.05) is 49.8 Å². The van der Waals surface area contributed by atoms with E-state index in [-0.39, 0.29) is 16.8 Å². The van der Waals surface area contributed by atoms with Gasteiger partial charge < -0.3 is 19.9 Å². The number of likely N-dealkylation sites (N-methyl/N-ethyl adjacent to an activating group) is 1. The summed E-state index contributed by atoms with van der Waals surface area (Å²) in [6.07, 6.45) is 2.39. The van der Waals surface area contributed by atoms with Crippen LogP contribution in [0.1, 0.15) is 36.3 Å². The lowest BCUT2D eigenvalue weighted by atomic mass is 9.90. The number of amides is 1. The average molecular weight is 588 g/mol. The van der Waals surface area contributed by atoms with E-state index in [2.05, 4.69) is 46.1 Å². The van der Waals surface area contributed by atoms with Crippen molar-refractivity contribution in [1.29, 1.82) is 0 Å². The van der Waals surface area contributed by atoms with E-state index < -0.39 is 15.9 Å². The Labute approximate surface area is 247 Å². The van der Waals surface area contributed by atoms with Crippen LogP contribution in [0.15, 0.2) is 82.7 Å². The molecule has 220 valence electrons. The Morgan fingerprint density at radius 2 is 1.74 bits per heavy atom. The molecule has 2 saturated heterocycles. The molecule has 42 heavy (non-hydrogen) atoms. The second-order valence-corrected chi connectivity index (χ2v) is 13.1. The first-order valence-corrected chi connectivity index (χ1v) is 16.0. The minimum absolute atomic E-state index is 0.132. The highest BCUT2D eigenvalue weighted by Gasteiger charge is 2.37. The fourth-order valence-corrected chi connectivity index (χ4v) is 7.30. The van der Waals surface area contributed by atoms with Gasteiger partial charge in [-0.15, -0.1) is 0 Å². The number of benzene rings is 3. The molecular weight excluding hydrogens is 550 g/mol. The fourth-order valence-electron chi connectivity index (χ4n) is 5.96. The maximum absolute atomic E-state index is 13.4. The third-order valence-corrected chi connectivity index (χ3v) is 9.93. The van der Waals surface area contributed by atoms with Gasteiger partial charge in [-0.3, -0.25) is 9.79 Å². The van der Waals surface area contributed by atoms with Crippen molar-refractivity contribution in [3.05, 3.63) is 83.9 Å². The van der Waals surface area contributed by atoms with Gasteiger partial charge in [-0.2, -0.15) is 0 Å². The molecular formula is C32H37N5O4S. The van der Waals surface area contributed by atoms with E-state index in [1.807, 2.05) is 42.5 Å². The van der Waals surface area contributed by atoms with Crippen LogP contribution >= 0.6 is 0 Å². The highest BCUT2D eigenvalue weighted by Crippen LogP contribution is 2.38. The molecule has 2 N–H and O–H groups in total. The second-order valence-electron chi connectivity index (χ2n) is 11.4. The standard InChI is InChI=1S/C32H37N5O4S/c1-36(2)26-14-17-37(21-26)25-10-8-23(9-11-25)33-31(22-6-4-3-5-7-22)30-28-20-27(12-13-29(28)34-32(30)38)42(39,40)35-24-15-18-41-19-16-24/h3-13,20,24,26,30,35H,14-19,21H2,1-2H3,(H,34,38). The molecule has 0 bridgehead atoms. The van der Waals surface area contributed by atoms with E-state index in [0.29, 0.717) is 49.1 Å². The van der Waals surface area contributed by atoms with Gasteiger partial charge in [0.15, 0.2) is 0 Å². The van der Waals surface area contributed by atoms with Crippen molar-refractivity contribution in [3.63, 3.8) is 0 Å². The monoisotopic (exact) mass is 587 g/mol. The Kier molecular flexibility index (Phi) is 8.13. The smallest absolute Gasteiger partial charge is 0.240 e. The summed E-state index contributed by atoms with van der Waals surface area (Å²) in [5.41, 5.74) is 4.44. The number of nitrogens with one attached hydrogen (secondary N) is 2. The van der Waals surface area contributed by atoms with Crippen LogP contribution in [0, 0.1) is 0 Å². The largest absolute Gasteiger partial charge is 0.381 e. The number of carbonyl (C=O) groups excluding carboxylic acids is 1. The van der Waals surface area contributed by atoms with Crippen LogP contribution in [0.5, 0.6) is 0 Å². The van der Waals surface area contributed by atoms with Crippen molar-refractivity contribution in [2.45, 2.75) is 42.2 Å². The maximum atomic E-state index is 13.4. The Morgan fingerprint density at radius 3 is 2.43 bits per heavy atom. The molecule has 3 aliphatic heterocycles. The highest BCUT2D eigenvalue weighted by molar-refractivity contribution is 7.89. The van der Waals surface area contributed by atoms with Gasteiger partial charge in [-0.25, -0.2) is 13.1 Å². The van der Waals surface area contributed by atoms with Gasteiger partial charge in [0.25, 0.3) is 0 Å². The number of hydrogen-bond donors (Lipinski definition) is 2. The molecule has 0 saturated carbocycles. The highest BCUT2D eigenvalue weighted by atomic mass is 32.2. The molecule has 1 amide bonds. The molecule has 2 fully saturated rings. The molecule has 2 atom stereocenters. The molecule has 6 rings (SSSR count). The number of hydrogen-bond acceptors (Lipinski definition) is 7. The molecule has 0 aliphatic carbocycles. The van der Waals surface area contributed by atoms with Crippen molar-refractivity contribution >= 4 is 38.7 Å². The van der Waals surface area contributed by atoms with Crippen molar-refractivity contribution in [2.24, 2.45) is 4.99 Å². The first-order chi connectivity index (χ1) is 20.3. The van der Waals surface area contributed by atoms with Crippen LogP contribution < -0.4 is 14.9 Å². The Balaban J connectivity index is 1.33. The third kappa shape index (κ3) is 5.98. The average Bonchev–Trinajstić information content (AvgIpc) is 3.61. The molecule has 3 aromatic rings. The number of nitrogens with zero attached hydrogens (tertiary/aromatic N) is 3. The number of sulfonamides is 1. The van der Waals surface area contributed by atoms with Gasteiger partial charge in [0.05, 0.1) is 16.3 Å². The van der Waals surface area contributed by atoms with Crippen LogP contribution in [-0.2, 0) is 19.6 Å². The van der Waals surface area contributed by atoms with Gasteiger partial charge in [0.1, 0.15) is 5.92 Å². The topological polar surface area (TPSA) is 103 Å². The van der Waals surface area contributed by atoms with Crippen LogP contribution in [0.25, 0.3) is 0 Å². The number of aliphatic imine (C=N–C) groups is 1. The van der Waals surface area contributed by atoms with Crippen molar-refractivity contribution in [1.82, 2.24) is 9.62 Å². The zero-order valence-electron chi connectivity index (χ0n) is 24.0. The molecule has 3 aromatic carbocycles. The van der Waals surface area contributed by atoms with E-state index in [9.17, 15) is 13.2 Å². The molecule has 2 unspecified atom stereocenters. The molecule has 3 aliphatic rings. The maximum Gasteiger partial charge on any atom is 0.240 e. The van der Waals surface area contributed by atoms with E-state index in [0.717, 1.165) is 36.4 Å². The molecule has 9 nitrogen and oxygen atoms in total. The Bertz CT molecular complexity index is 1570. The summed E-state index contributed by atoms with van der Waals surface area (Å²) in [5, 5.41) is 2.94. The van der Waals surface area contributed by atoms with E-state index >= 15 is 0 Å². The predicted octanol–water partition coefficient (Wildman–Crippen LogP) is 4.14. The van der Waals surface area contributed by atoms with E-state index in [1.54, 1.807) is 18.2 Å². The first kappa shape index (κ1) is 28.5. The van der Waals surface area contributed by atoms with Gasteiger partial charge in [-0.05, 0) is 86.9 Å². The summed E-state index contributed by atoms with van der Waals surface area (Å²) >= 11 is 0. The number of rotatable bonds is 8. The van der Waals surface area contributed by atoms with Gasteiger partial charge in [0.2, 0.25) is 15.9 Å². The van der Waals surface area contributed by atoms with Crippen molar-refractivity contribution in [2.75, 3.05) is 50.6 Å². The van der Waals surface area contributed by atoms with Gasteiger partial charge >= 0.3 is 0 Å². The van der Waals surface area contributed by atoms with E-state index in [1.165, 1.54) is 0 Å². The predicted molar refractivity (Wildman–Crippen MR) is 165 cm³/mol. The summed E-state index contributed by atoms with van der Waals surface area (Å²) in [7, 11) is 0.455. The molecule has 3 heterocycles. The SMILES string of the molecule is CN(C)C1CCN(c2ccc(N=C(c3ccccc3)C3C(=O)Nc4ccc(S(=O)(=O)NC5CCOCC5)cc43)cc2)C1. The second kappa shape index (κ2) is 12.0. The quantitative estimate of drug-likeness (QED) is 0.384. The Morgan fingerprint density at radius 1 is 1.00 bits per heavy atom. The zero-order valence-corrected chi connectivity index (χ0v) is 24.8. The molecule has 0 spiro atoms. The van der Waals surface area contributed by atoms with Crippen molar-refractivity contribution < 1.29 is 17.9 Å². The summed E-state index contributed by atoms with van der Waals surface area (Å²) in [5.74, 6) is -0.998.